The average molecular weight is 299 g/mol. The van der Waals surface area contributed by atoms with E-state index in [-0.39, 0.29) is 18.1 Å². The molecule has 5 heteroatoms. The highest BCUT2D eigenvalue weighted by Crippen LogP contribution is 2.26. The van der Waals surface area contributed by atoms with E-state index >= 15 is 0 Å². The van der Waals surface area contributed by atoms with Crippen LogP contribution in [0.3, 0.4) is 0 Å². The summed E-state index contributed by atoms with van der Waals surface area (Å²) in [6, 6.07) is 5.25. The number of aryl methyl sites for hydroxylation is 1. The van der Waals surface area contributed by atoms with Crippen molar-refractivity contribution >= 4 is 10.0 Å². The van der Waals surface area contributed by atoms with Crippen LogP contribution < -0.4 is 4.72 Å². The van der Waals surface area contributed by atoms with Gasteiger partial charge in [0.2, 0.25) is 10.0 Å². The molecule has 0 aliphatic carbocycles. The van der Waals surface area contributed by atoms with Crippen molar-refractivity contribution in [2.75, 3.05) is 6.61 Å². The predicted molar refractivity (Wildman–Crippen MR) is 81.4 cm³/mol. The third-order valence-corrected chi connectivity index (χ3v) is 4.99. The van der Waals surface area contributed by atoms with Gasteiger partial charge in [-0.3, -0.25) is 0 Å². The van der Waals surface area contributed by atoms with Crippen LogP contribution in [-0.4, -0.2) is 26.2 Å². The summed E-state index contributed by atoms with van der Waals surface area (Å²) in [5.74, 6) is 0. The Bertz CT molecular complexity index is 559. The van der Waals surface area contributed by atoms with Crippen molar-refractivity contribution in [1.29, 1.82) is 0 Å². The lowest BCUT2D eigenvalue weighted by atomic mass is 9.87. The van der Waals surface area contributed by atoms with Gasteiger partial charge in [-0.1, -0.05) is 32.9 Å². The molecule has 0 spiro atoms. The molecule has 0 amide bonds. The van der Waals surface area contributed by atoms with Crippen LogP contribution in [0.15, 0.2) is 23.1 Å². The molecule has 0 fully saturated rings. The molecule has 0 saturated heterocycles. The second-order valence-electron chi connectivity index (χ2n) is 6.26. The van der Waals surface area contributed by atoms with Crippen LogP contribution in [0.2, 0.25) is 0 Å². The van der Waals surface area contributed by atoms with E-state index in [1.165, 1.54) is 0 Å². The number of nitrogens with one attached hydrogen (secondary N) is 1. The van der Waals surface area contributed by atoms with E-state index in [1.54, 1.807) is 19.9 Å². The predicted octanol–water partition coefficient (Wildman–Crippen LogP) is 2.34. The van der Waals surface area contributed by atoms with Crippen molar-refractivity contribution in [1.82, 2.24) is 4.72 Å². The highest BCUT2D eigenvalue weighted by Gasteiger charge is 2.22. The van der Waals surface area contributed by atoms with Crippen LogP contribution in [0.25, 0.3) is 0 Å². The van der Waals surface area contributed by atoms with Gasteiger partial charge in [-0.25, -0.2) is 13.1 Å². The molecule has 0 bridgehead atoms. The van der Waals surface area contributed by atoms with Gasteiger partial charge in [0.1, 0.15) is 0 Å². The summed E-state index contributed by atoms with van der Waals surface area (Å²) >= 11 is 0. The maximum Gasteiger partial charge on any atom is 0.241 e. The zero-order chi connectivity index (χ0) is 15.6. The minimum Gasteiger partial charge on any atom is -0.396 e. The lowest BCUT2D eigenvalue weighted by Crippen LogP contribution is -2.33. The number of hydrogen-bond acceptors (Lipinski definition) is 3. The van der Waals surface area contributed by atoms with Gasteiger partial charge in [0, 0.05) is 12.6 Å². The Labute approximate surface area is 122 Å². The van der Waals surface area contributed by atoms with Gasteiger partial charge in [0.25, 0.3) is 0 Å². The summed E-state index contributed by atoms with van der Waals surface area (Å²) < 4.78 is 27.5. The van der Waals surface area contributed by atoms with Crippen LogP contribution in [0.1, 0.15) is 45.2 Å². The van der Waals surface area contributed by atoms with Gasteiger partial charge >= 0.3 is 0 Å². The highest BCUT2D eigenvalue weighted by atomic mass is 32.2. The van der Waals surface area contributed by atoms with Gasteiger partial charge in [0.05, 0.1) is 4.90 Å². The first-order valence-corrected chi connectivity index (χ1v) is 8.30. The molecular formula is C15H25NO3S. The smallest absolute Gasteiger partial charge is 0.241 e. The lowest BCUT2D eigenvalue weighted by Gasteiger charge is -2.21. The van der Waals surface area contributed by atoms with Crippen molar-refractivity contribution in [2.45, 2.75) is 57.4 Å². The topological polar surface area (TPSA) is 66.4 Å². The molecule has 2 N–H and O–H groups in total. The first-order chi connectivity index (χ1) is 9.08. The Hall–Kier alpha value is -0.910. The van der Waals surface area contributed by atoms with E-state index in [0.717, 1.165) is 11.1 Å². The van der Waals surface area contributed by atoms with E-state index in [1.807, 2.05) is 12.1 Å². The van der Waals surface area contributed by atoms with Crippen LogP contribution in [-0.2, 0) is 15.4 Å². The fourth-order valence-corrected chi connectivity index (χ4v) is 3.49. The summed E-state index contributed by atoms with van der Waals surface area (Å²) in [7, 11) is -3.56. The summed E-state index contributed by atoms with van der Waals surface area (Å²) in [5.41, 5.74) is 1.61. The molecule has 20 heavy (non-hydrogen) atoms. The second kappa shape index (κ2) is 6.24. The van der Waals surface area contributed by atoms with Crippen LogP contribution in [0, 0.1) is 6.92 Å². The summed E-state index contributed by atoms with van der Waals surface area (Å²) in [6.45, 7) is 9.65. The average Bonchev–Trinajstić information content (AvgIpc) is 2.26. The third kappa shape index (κ3) is 4.30. The molecule has 0 aliphatic rings. The van der Waals surface area contributed by atoms with Crippen molar-refractivity contribution in [3.8, 4) is 0 Å². The lowest BCUT2D eigenvalue weighted by molar-refractivity contribution is 0.275. The van der Waals surface area contributed by atoms with Crippen molar-refractivity contribution in [3.63, 3.8) is 0 Å². The van der Waals surface area contributed by atoms with Gasteiger partial charge in [-0.2, -0.15) is 0 Å². The molecule has 1 atom stereocenters. The molecule has 0 radical (unpaired) electrons. The fraction of sp³-hybridized carbons (Fsp3) is 0.600. The molecule has 4 nitrogen and oxygen atoms in total. The quantitative estimate of drug-likeness (QED) is 0.877. The molecule has 0 heterocycles. The summed E-state index contributed by atoms with van der Waals surface area (Å²) in [6.07, 6.45) is 0.400. The first kappa shape index (κ1) is 17.1. The number of aliphatic hydroxyl groups is 1. The number of sulfonamides is 1. The number of hydrogen-bond donors (Lipinski definition) is 2. The normalized spacial score (nSPS) is 14.3. The monoisotopic (exact) mass is 299 g/mol. The van der Waals surface area contributed by atoms with E-state index < -0.39 is 10.0 Å². The highest BCUT2D eigenvalue weighted by molar-refractivity contribution is 7.89. The number of aliphatic hydroxyl groups excluding tert-OH is 1. The molecule has 0 saturated carbocycles. The summed E-state index contributed by atoms with van der Waals surface area (Å²) in [4.78, 5) is 0.315. The molecule has 1 unspecified atom stereocenters. The van der Waals surface area contributed by atoms with Crippen LogP contribution in [0.4, 0.5) is 0 Å². The molecule has 114 valence electrons. The molecule has 1 rings (SSSR count). The fourth-order valence-electron chi connectivity index (χ4n) is 1.94. The van der Waals surface area contributed by atoms with E-state index in [2.05, 4.69) is 25.5 Å². The molecule has 0 aromatic heterocycles. The van der Waals surface area contributed by atoms with E-state index in [9.17, 15) is 8.42 Å². The SMILES string of the molecule is Cc1ccc(C(C)(C)C)cc1S(=O)(=O)NC(C)CCO. The Balaban J connectivity index is 3.18. The second-order valence-corrected chi connectivity index (χ2v) is 7.95. The van der Waals surface area contributed by atoms with Crippen LogP contribution >= 0.6 is 0 Å². The Kier molecular flexibility index (Phi) is 5.35. The van der Waals surface area contributed by atoms with E-state index in [4.69, 9.17) is 5.11 Å². The summed E-state index contributed by atoms with van der Waals surface area (Å²) in [5, 5.41) is 8.87. The molecule has 1 aromatic rings. The Morgan fingerprint density at radius 2 is 1.90 bits per heavy atom. The zero-order valence-corrected chi connectivity index (χ0v) is 13.7. The van der Waals surface area contributed by atoms with Crippen LogP contribution in [0.5, 0.6) is 0 Å². The first-order valence-electron chi connectivity index (χ1n) is 6.82. The molecule has 1 aromatic carbocycles. The maximum absolute atomic E-state index is 12.4. The largest absolute Gasteiger partial charge is 0.396 e. The van der Waals surface area contributed by atoms with Gasteiger partial charge in [-0.15, -0.1) is 0 Å². The van der Waals surface area contributed by atoms with Gasteiger partial charge < -0.3 is 5.11 Å². The molecule has 0 aliphatic heterocycles. The van der Waals surface area contributed by atoms with Gasteiger partial charge in [-0.05, 0) is 42.9 Å². The standard InChI is InChI=1S/C15H25NO3S/c1-11-6-7-13(15(3,4)5)10-14(11)20(18,19)16-12(2)8-9-17/h6-7,10,12,16-17H,8-9H2,1-5H3. The van der Waals surface area contributed by atoms with Crippen molar-refractivity contribution < 1.29 is 13.5 Å². The maximum atomic E-state index is 12.4. The minimum atomic E-state index is -3.56. The van der Waals surface area contributed by atoms with Crippen molar-refractivity contribution in [3.05, 3.63) is 29.3 Å². The van der Waals surface area contributed by atoms with Gasteiger partial charge in [0.15, 0.2) is 0 Å². The van der Waals surface area contributed by atoms with E-state index in [0.29, 0.717) is 11.3 Å². The number of benzene rings is 1. The number of rotatable bonds is 5. The minimum absolute atomic E-state index is 0.0370. The Morgan fingerprint density at radius 1 is 1.30 bits per heavy atom. The van der Waals surface area contributed by atoms with Crippen molar-refractivity contribution in [2.24, 2.45) is 0 Å². The molecular weight excluding hydrogens is 274 g/mol. The zero-order valence-electron chi connectivity index (χ0n) is 12.9. The third-order valence-electron chi connectivity index (χ3n) is 3.26. The Morgan fingerprint density at radius 3 is 2.40 bits per heavy atom.